The topological polar surface area (TPSA) is 4.93 Å². The van der Waals surface area contributed by atoms with Crippen LogP contribution in [-0.4, -0.2) is 4.57 Å². The lowest BCUT2D eigenvalue weighted by Crippen LogP contribution is -1.92. The summed E-state index contributed by atoms with van der Waals surface area (Å²) >= 11 is 0. The molecule has 0 aliphatic rings. The van der Waals surface area contributed by atoms with Gasteiger partial charge in [-0.1, -0.05) is 188 Å². The summed E-state index contributed by atoms with van der Waals surface area (Å²) in [7, 11) is 0. The molecule has 1 heteroatoms. The molecule has 0 amide bonds. The quantitative estimate of drug-likeness (QED) is 0.155. The first kappa shape index (κ1) is 37.1. The van der Waals surface area contributed by atoms with Gasteiger partial charge < -0.3 is 4.57 Å². The van der Waals surface area contributed by atoms with Crippen molar-refractivity contribution in [2.24, 2.45) is 0 Å². The number of hydrogen-bond acceptors (Lipinski definition) is 0. The number of nitrogens with zero attached hydrogens (tertiary/aromatic N) is 1. The third-order valence-corrected chi connectivity index (χ3v) is 15.6. The molecule has 16 rings (SSSR count). The Bertz CT molecular complexity index is 4790. The van der Waals surface area contributed by atoms with E-state index in [0.717, 1.165) is 0 Å². The van der Waals surface area contributed by atoms with Crippen molar-refractivity contribution in [1.29, 1.82) is 0 Å². The average Bonchev–Trinajstić information content (AvgIpc) is 4.05. The molecular formula is C68H39N. The van der Waals surface area contributed by atoms with E-state index in [-0.39, 0.29) is 0 Å². The Balaban J connectivity index is 1.00. The van der Waals surface area contributed by atoms with Crippen molar-refractivity contribution in [3.63, 3.8) is 0 Å². The molecule has 0 aliphatic heterocycles. The number of hydrogen-bond donors (Lipinski definition) is 0. The molecule has 0 fully saturated rings. The summed E-state index contributed by atoms with van der Waals surface area (Å²) in [6.45, 7) is 0. The highest BCUT2D eigenvalue weighted by Crippen LogP contribution is 2.55. The van der Waals surface area contributed by atoms with Gasteiger partial charge in [-0.3, -0.25) is 0 Å². The molecule has 0 bridgehead atoms. The van der Waals surface area contributed by atoms with Crippen molar-refractivity contribution >= 4 is 119 Å². The van der Waals surface area contributed by atoms with E-state index in [1.165, 1.54) is 158 Å². The van der Waals surface area contributed by atoms with Gasteiger partial charge in [0.05, 0.1) is 11.0 Å². The Labute approximate surface area is 397 Å². The van der Waals surface area contributed by atoms with Crippen LogP contribution < -0.4 is 0 Å². The second-order valence-corrected chi connectivity index (χ2v) is 19.0. The van der Waals surface area contributed by atoms with E-state index >= 15 is 0 Å². The zero-order valence-corrected chi connectivity index (χ0v) is 37.5. The van der Waals surface area contributed by atoms with Crippen molar-refractivity contribution in [1.82, 2.24) is 4.57 Å². The van der Waals surface area contributed by atoms with Gasteiger partial charge in [0.2, 0.25) is 0 Å². The van der Waals surface area contributed by atoms with Gasteiger partial charge in [0.15, 0.2) is 0 Å². The van der Waals surface area contributed by atoms with Crippen molar-refractivity contribution in [3.05, 3.63) is 237 Å². The Morgan fingerprint density at radius 1 is 0.203 bits per heavy atom. The third-order valence-electron chi connectivity index (χ3n) is 15.6. The molecule has 0 atom stereocenters. The van der Waals surface area contributed by atoms with E-state index < -0.39 is 0 Å². The maximum Gasteiger partial charge on any atom is 0.0541 e. The Morgan fingerprint density at radius 3 is 1.51 bits per heavy atom. The van der Waals surface area contributed by atoms with Crippen LogP contribution in [0.3, 0.4) is 0 Å². The van der Waals surface area contributed by atoms with Crippen LogP contribution >= 0.6 is 0 Å². The maximum atomic E-state index is 2.54. The normalized spacial score (nSPS) is 12.3. The van der Waals surface area contributed by atoms with Crippen LogP contribution in [0, 0.1) is 0 Å². The van der Waals surface area contributed by atoms with Gasteiger partial charge in [0.1, 0.15) is 0 Å². The van der Waals surface area contributed by atoms with Crippen LogP contribution in [0.15, 0.2) is 237 Å². The van der Waals surface area contributed by atoms with Crippen LogP contribution in [0.4, 0.5) is 0 Å². The predicted octanol–water partition coefficient (Wildman–Crippen LogP) is 19.0. The molecule has 0 unspecified atom stereocenters. The lowest BCUT2D eigenvalue weighted by atomic mass is 9.84. The Hall–Kier alpha value is -9.04. The summed E-state index contributed by atoms with van der Waals surface area (Å²) in [6, 6.07) is 88.7. The Kier molecular flexibility index (Phi) is 7.40. The number of benzene rings is 13. The molecule has 0 N–H and O–H groups in total. The van der Waals surface area contributed by atoms with Crippen LogP contribution in [-0.2, 0) is 0 Å². The van der Waals surface area contributed by atoms with Gasteiger partial charge in [0, 0.05) is 16.5 Å². The predicted molar refractivity (Wildman–Crippen MR) is 297 cm³/mol. The van der Waals surface area contributed by atoms with Gasteiger partial charge in [-0.05, 0) is 179 Å². The molecule has 0 spiro atoms. The van der Waals surface area contributed by atoms with Gasteiger partial charge in [-0.25, -0.2) is 0 Å². The third kappa shape index (κ3) is 4.98. The molecule has 0 aliphatic carbocycles. The molecule has 1 heterocycles. The van der Waals surface area contributed by atoms with Gasteiger partial charge in [-0.2, -0.15) is 0 Å². The average molecular weight is 870 g/mol. The molecule has 0 radical (unpaired) electrons. The molecular weight excluding hydrogens is 831 g/mol. The summed E-state index contributed by atoms with van der Waals surface area (Å²) in [5.41, 5.74) is 11.1. The van der Waals surface area contributed by atoms with Crippen LogP contribution in [0.5, 0.6) is 0 Å². The summed E-state index contributed by atoms with van der Waals surface area (Å²) in [5.74, 6) is 0. The summed E-state index contributed by atoms with van der Waals surface area (Å²) in [5, 5.41) is 26.1. The van der Waals surface area contributed by atoms with Crippen LogP contribution in [0.25, 0.3) is 158 Å². The number of para-hydroxylation sites is 2. The van der Waals surface area contributed by atoms with Gasteiger partial charge >= 0.3 is 0 Å². The molecule has 69 heavy (non-hydrogen) atoms. The molecule has 0 saturated carbocycles. The summed E-state index contributed by atoms with van der Waals surface area (Å²) < 4.78 is 2.39. The highest BCUT2D eigenvalue weighted by Gasteiger charge is 2.27. The summed E-state index contributed by atoms with van der Waals surface area (Å²) in [6.07, 6.45) is 0. The second kappa shape index (κ2) is 13.8. The van der Waals surface area contributed by atoms with Crippen LogP contribution in [0.2, 0.25) is 0 Å². The van der Waals surface area contributed by atoms with Gasteiger partial charge in [0.25, 0.3) is 0 Å². The number of fused-ring (bicyclic) bond motifs is 15. The highest BCUT2D eigenvalue weighted by atomic mass is 15.0. The molecule has 1 aromatic heterocycles. The van der Waals surface area contributed by atoms with Gasteiger partial charge in [-0.15, -0.1) is 0 Å². The first-order valence-corrected chi connectivity index (χ1v) is 24.1. The lowest BCUT2D eigenvalue weighted by Gasteiger charge is -2.19. The Morgan fingerprint density at radius 2 is 0.739 bits per heavy atom. The van der Waals surface area contributed by atoms with Crippen molar-refractivity contribution in [2.45, 2.75) is 0 Å². The minimum absolute atomic E-state index is 1.17. The smallest absolute Gasteiger partial charge is 0.0541 e. The molecule has 0 saturated heterocycles. The monoisotopic (exact) mass is 869 g/mol. The number of rotatable bonds is 4. The highest BCUT2D eigenvalue weighted by molar-refractivity contribution is 6.46. The fourth-order valence-electron chi connectivity index (χ4n) is 12.8. The van der Waals surface area contributed by atoms with E-state index in [4.69, 9.17) is 0 Å². The zero-order chi connectivity index (χ0) is 44.9. The minimum Gasteiger partial charge on any atom is -0.309 e. The maximum absolute atomic E-state index is 2.54. The fraction of sp³-hybridized carbons (Fsp3) is 0. The van der Waals surface area contributed by atoms with Crippen molar-refractivity contribution in [3.8, 4) is 39.1 Å². The van der Waals surface area contributed by atoms with E-state index in [2.05, 4.69) is 241 Å². The summed E-state index contributed by atoms with van der Waals surface area (Å²) in [4.78, 5) is 0. The molecule has 1 nitrogen and oxygen atoms in total. The van der Waals surface area contributed by atoms with Crippen molar-refractivity contribution in [2.75, 3.05) is 0 Å². The minimum atomic E-state index is 1.17. The standard InChI is InChI=1S/C68H39N/c1-4-16-40(17-5-1)62-58-39-56-49-23-11-10-22-48(49)51-25-14-27-53(64(51)56)66(58)63(41-18-6-2-7-19-41)67-54-28-15-26-52-61-45(38-57(65(52)54)68(62)67)31-30-44-36-42(32-34-47(44)61)43-33-35-60-55(37-43)50-24-12-13-29-59(50)69(60)46-20-8-3-9-21-46/h1-39H. The SMILES string of the molecule is c1ccc(-c2c3cc4c5ccccc5c5cccc(c3c(-c3ccccc3)c3c6cccc7c8c(ccc9cc(-c%10ccc%11c(c%10)c%10ccccc%10n%11-c%10ccccc%10)ccc98)cc(c23)c67)c54)cc1. The molecule has 16 aromatic rings. The first-order valence-electron chi connectivity index (χ1n) is 24.1. The van der Waals surface area contributed by atoms with E-state index in [9.17, 15) is 0 Å². The lowest BCUT2D eigenvalue weighted by molar-refractivity contribution is 1.18. The second-order valence-electron chi connectivity index (χ2n) is 19.0. The first-order chi connectivity index (χ1) is 34.3. The largest absolute Gasteiger partial charge is 0.309 e. The van der Waals surface area contributed by atoms with E-state index in [1.54, 1.807) is 0 Å². The molecule has 15 aromatic carbocycles. The zero-order valence-electron chi connectivity index (χ0n) is 37.5. The van der Waals surface area contributed by atoms with Crippen molar-refractivity contribution < 1.29 is 0 Å². The number of aromatic nitrogens is 1. The van der Waals surface area contributed by atoms with E-state index in [1.807, 2.05) is 0 Å². The fourth-order valence-corrected chi connectivity index (χ4v) is 12.8. The van der Waals surface area contributed by atoms with E-state index in [0.29, 0.717) is 0 Å². The van der Waals surface area contributed by atoms with Crippen LogP contribution in [0.1, 0.15) is 0 Å². The molecule has 316 valence electrons.